The molecule has 1 aromatic heterocycles. The molecule has 0 aliphatic carbocycles. The number of fused-ring (bicyclic) bond motifs is 1. The number of carbonyl (C=O) groups excluding carboxylic acids is 2. The average Bonchev–Trinajstić information content (AvgIpc) is 2.49. The SMILES string of the molecule is [B]C1([B])C(=O)NC(=O)C(n2c(C)nc3cccc(N)c3c2=O)C1([B])[B]. The Balaban J connectivity index is 2.36. The molecule has 2 amide bonds. The molecule has 0 spiro atoms. The highest BCUT2D eigenvalue weighted by atomic mass is 16.2. The van der Waals surface area contributed by atoms with E-state index in [-0.39, 0.29) is 16.9 Å². The fourth-order valence-electron chi connectivity index (χ4n) is 2.94. The number of aryl methyl sites for hydroxylation is 1. The van der Waals surface area contributed by atoms with Crippen molar-refractivity contribution in [1.82, 2.24) is 14.9 Å². The van der Waals surface area contributed by atoms with Crippen LogP contribution in [0.2, 0.25) is 10.4 Å². The molecule has 1 aliphatic rings. The van der Waals surface area contributed by atoms with E-state index in [0.29, 0.717) is 5.52 Å². The van der Waals surface area contributed by atoms with E-state index in [1.165, 1.54) is 13.0 Å². The first kappa shape index (κ1) is 17.4. The van der Waals surface area contributed by atoms with Gasteiger partial charge in [-0.3, -0.25) is 24.3 Å². The summed E-state index contributed by atoms with van der Waals surface area (Å²) in [5.74, 6) is -1.83. The quantitative estimate of drug-likeness (QED) is 0.373. The van der Waals surface area contributed by atoms with Crippen molar-refractivity contribution < 1.29 is 9.59 Å². The monoisotopic (exact) mass is 326 g/mol. The molecule has 0 saturated carbocycles. The summed E-state index contributed by atoms with van der Waals surface area (Å²) < 4.78 is 0.953. The third-order valence-corrected chi connectivity index (χ3v) is 4.43. The maximum atomic E-state index is 13.0. The van der Waals surface area contributed by atoms with Gasteiger partial charge in [-0.05, 0) is 24.3 Å². The highest BCUT2D eigenvalue weighted by molar-refractivity contribution is 6.63. The fraction of sp³-hybridized carbons (Fsp3) is 0.286. The molecular weight excluding hydrogens is 315 g/mol. The molecule has 1 aromatic carbocycles. The summed E-state index contributed by atoms with van der Waals surface area (Å²) >= 11 is 0. The van der Waals surface area contributed by atoms with Gasteiger partial charge in [0.05, 0.1) is 42.3 Å². The van der Waals surface area contributed by atoms with Crippen LogP contribution in [0.3, 0.4) is 0 Å². The van der Waals surface area contributed by atoms with E-state index in [4.69, 9.17) is 37.1 Å². The second-order valence-corrected chi connectivity index (χ2v) is 6.10. The lowest BCUT2D eigenvalue weighted by Gasteiger charge is -2.51. The molecule has 116 valence electrons. The summed E-state index contributed by atoms with van der Waals surface area (Å²) in [7, 11) is 23.4. The Labute approximate surface area is 148 Å². The van der Waals surface area contributed by atoms with Gasteiger partial charge in [-0.15, -0.1) is 0 Å². The van der Waals surface area contributed by atoms with Crippen molar-refractivity contribution in [2.45, 2.75) is 23.4 Å². The van der Waals surface area contributed by atoms with E-state index in [2.05, 4.69) is 4.98 Å². The van der Waals surface area contributed by atoms with E-state index in [9.17, 15) is 14.4 Å². The minimum absolute atomic E-state index is 0.0910. The number of imide groups is 1. The largest absolute Gasteiger partial charge is 0.398 e. The number of carbonyl (C=O) groups is 2. The Kier molecular flexibility index (Phi) is 3.67. The Morgan fingerprint density at radius 1 is 1.20 bits per heavy atom. The zero-order valence-electron chi connectivity index (χ0n) is 13.3. The highest BCUT2D eigenvalue weighted by Crippen LogP contribution is 2.52. The summed E-state index contributed by atoms with van der Waals surface area (Å²) in [4.78, 5) is 41.5. The van der Waals surface area contributed by atoms with Gasteiger partial charge in [0.2, 0.25) is 11.8 Å². The number of nitrogens with two attached hydrogens (primary N) is 1. The minimum Gasteiger partial charge on any atom is -0.398 e. The van der Waals surface area contributed by atoms with Crippen LogP contribution in [-0.4, -0.2) is 52.8 Å². The van der Waals surface area contributed by atoms with Crippen LogP contribution in [0.5, 0.6) is 0 Å². The molecule has 3 rings (SSSR count). The Hall–Kier alpha value is -2.44. The number of hydrogen-bond donors (Lipinski definition) is 2. The molecule has 8 radical (unpaired) electrons. The molecular formula is C14H10B4N4O3. The van der Waals surface area contributed by atoms with Crippen molar-refractivity contribution in [2.24, 2.45) is 0 Å². The molecule has 25 heavy (non-hydrogen) atoms. The third kappa shape index (κ3) is 2.25. The Morgan fingerprint density at radius 2 is 1.84 bits per heavy atom. The number of anilines is 1. The van der Waals surface area contributed by atoms with Crippen LogP contribution in [0.1, 0.15) is 11.9 Å². The van der Waals surface area contributed by atoms with E-state index in [1.54, 1.807) is 12.1 Å². The number of piperidine rings is 1. The Bertz CT molecular complexity index is 986. The molecule has 2 heterocycles. The van der Waals surface area contributed by atoms with Crippen molar-refractivity contribution in [2.75, 3.05) is 5.73 Å². The lowest BCUT2D eigenvalue weighted by Crippen LogP contribution is -2.61. The number of hydrogen-bond acceptors (Lipinski definition) is 5. The maximum absolute atomic E-state index is 13.0. The predicted molar refractivity (Wildman–Crippen MR) is 95.7 cm³/mol. The number of amides is 2. The fourth-order valence-corrected chi connectivity index (χ4v) is 2.94. The average molecular weight is 326 g/mol. The number of benzene rings is 1. The van der Waals surface area contributed by atoms with Crippen LogP contribution in [0.4, 0.5) is 5.69 Å². The second-order valence-electron chi connectivity index (χ2n) is 6.10. The van der Waals surface area contributed by atoms with Crippen molar-refractivity contribution in [3.63, 3.8) is 0 Å². The van der Waals surface area contributed by atoms with Crippen LogP contribution in [0.15, 0.2) is 23.0 Å². The predicted octanol–water partition coefficient (Wildman–Crippen LogP) is -1.61. The normalized spacial score (nSPS) is 21.9. The summed E-state index contributed by atoms with van der Waals surface area (Å²) in [5, 5.41) is -2.47. The third-order valence-electron chi connectivity index (χ3n) is 4.43. The van der Waals surface area contributed by atoms with Crippen molar-refractivity contribution in [3.05, 3.63) is 34.4 Å². The van der Waals surface area contributed by atoms with Gasteiger partial charge in [-0.1, -0.05) is 11.3 Å². The molecule has 2 aromatic rings. The number of nitrogens with one attached hydrogen (secondary N) is 1. The Morgan fingerprint density at radius 3 is 2.48 bits per heavy atom. The van der Waals surface area contributed by atoms with Gasteiger partial charge in [-0.25, -0.2) is 4.98 Å². The first-order valence-corrected chi connectivity index (χ1v) is 7.28. The van der Waals surface area contributed by atoms with E-state index >= 15 is 0 Å². The summed E-state index contributed by atoms with van der Waals surface area (Å²) in [6.07, 6.45) is 0. The second kappa shape index (κ2) is 5.28. The van der Waals surface area contributed by atoms with Crippen LogP contribution in [0, 0.1) is 6.92 Å². The van der Waals surface area contributed by atoms with Crippen LogP contribution in [-0.2, 0) is 9.59 Å². The highest BCUT2D eigenvalue weighted by Gasteiger charge is 2.54. The first-order chi connectivity index (χ1) is 11.5. The molecule has 1 atom stereocenters. The number of aromatic nitrogens is 2. The van der Waals surface area contributed by atoms with Crippen molar-refractivity contribution >= 4 is 59.8 Å². The molecule has 1 unspecified atom stereocenters. The van der Waals surface area contributed by atoms with E-state index in [1.807, 2.05) is 5.32 Å². The van der Waals surface area contributed by atoms with Gasteiger partial charge < -0.3 is 5.73 Å². The summed E-state index contributed by atoms with van der Waals surface area (Å²) in [6, 6.07) is 3.19. The van der Waals surface area contributed by atoms with Gasteiger partial charge in [0.1, 0.15) is 11.9 Å². The van der Waals surface area contributed by atoms with Crippen LogP contribution >= 0.6 is 0 Å². The summed E-state index contributed by atoms with van der Waals surface area (Å²) in [6.45, 7) is 1.48. The van der Waals surface area contributed by atoms with E-state index < -0.39 is 33.8 Å². The van der Waals surface area contributed by atoms with Gasteiger partial charge in [-0.2, -0.15) is 0 Å². The molecule has 1 fully saturated rings. The van der Waals surface area contributed by atoms with E-state index in [0.717, 1.165) is 4.57 Å². The number of rotatable bonds is 1. The van der Waals surface area contributed by atoms with Gasteiger partial charge >= 0.3 is 0 Å². The van der Waals surface area contributed by atoms with Gasteiger partial charge in [0.25, 0.3) is 5.56 Å². The van der Waals surface area contributed by atoms with Crippen molar-refractivity contribution in [3.8, 4) is 0 Å². The lowest BCUT2D eigenvalue weighted by molar-refractivity contribution is -0.137. The van der Waals surface area contributed by atoms with Crippen LogP contribution in [0.25, 0.3) is 10.9 Å². The van der Waals surface area contributed by atoms with Crippen LogP contribution < -0.4 is 16.6 Å². The molecule has 3 N–H and O–H groups in total. The molecule has 0 bridgehead atoms. The summed E-state index contributed by atoms with van der Waals surface area (Å²) in [5.41, 5.74) is 5.73. The molecule has 7 nitrogen and oxygen atoms in total. The van der Waals surface area contributed by atoms with Gasteiger partial charge in [0, 0.05) is 5.69 Å². The number of nitrogens with zero attached hydrogens (tertiary/aromatic N) is 2. The van der Waals surface area contributed by atoms with Crippen molar-refractivity contribution in [1.29, 1.82) is 0 Å². The zero-order valence-corrected chi connectivity index (χ0v) is 13.3. The molecule has 11 heteroatoms. The van der Waals surface area contributed by atoms with Gasteiger partial charge in [0.15, 0.2) is 0 Å². The zero-order chi connectivity index (χ0) is 18.7. The lowest BCUT2D eigenvalue weighted by atomic mass is 9.26. The maximum Gasteiger partial charge on any atom is 0.264 e. The molecule has 1 saturated heterocycles. The standard InChI is InChI=1S/C14H10B4N4O3/c1-5-20-7-4-2-3-6(19)8(7)11(24)22(5)9-10(23)21-12(25)14(17,18)13(9,15)16/h2-4,9H,19H2,1H3,(H,21,23,25). The first-order valence-electron chi connectivity index (χ1n) is 7.28. The smallest absolute Gasteiger partial charge is 0.264 e. The molecule has 1 aliphatic heterocycles. The number of nitrogen functional groups attached to an aromatic ring is 1. The minimum atomic E-state index is -2.30. The topological polar surface area (TPSA) is 107 Å².